The van der Waals surface area contributed by atoms with Crippen molar-refractivity contribution in [2.24, 2.45) is 10.7 Å². The number of carbonyl (C=O) groups excluding carboxylic acids is 3. The van der Waals surface area contributed by atoms with Crippen molar-refractivity contribution in [1.82, 2.24) is 10.2 Å². The minimum atomic E-state index is -0.907. The van der Waals surface area contributed by atoms with Gasteiger partial charge >= 0.3 is 5.97 Å². The molecular weight excluding hydrogens is 492 g/mol. The van der Waals surface area contributed by atoms with E-state index < -0.39 is 24.0 Å². The Balaban J connectivity index is 1.42. The molecule has 2 heterocycles. The van der Waals surface area contributed by atoms with E-state index in [1.54, 1.807) is 29.2 Å². The lowest BCUT2D eigenvalue weighted by Gasteiger charge is -2.39. The highest BCUT2D eigenvalue weighted by Crippen LogP contribution is 2.24. The summed E-state index contributed by atoms with van der Waals surface area (Å²) in [5, 5.41) is 12.1. The second kappa shape index (κ2) is 9.45. The third kappa shape index (κ3) is 5.23. The summed E-state index contributed by atoms with van der Waals surface area (Å²) in [5.41, 5.74) is 6.98. The van der Waals surface area contributed by atoms with Crippen LogP contribution in [0.15, 0.2) is 69.9 Å². The second-order valence-corrected chi connectivity index (χ2v) is 8.62. The standard InChI is InChI=1S/C23H21BrN4O5/c24-15-5-3-14(4-6-15)22-27-18(23(32)33-22)12-28-10-9-19(28)21(31)26-17(20(25)30)11-13-1-7-16(29)8-2-13/h1-8,12,17,19,29H,9-11H2,(H2,25,30)(H,26,31)/b18-12-/t17-,19-/m0/s1. The highest BCUT2D eigenvalue weighted by molar-refractivity contribution is 9.10. The molecule has 0 spiro atoms. The van der Waals surface area contributed by atoms with E-state index in [4.69, 9.17) is 10.5 Å². The number of cyclic esters (lactones) is 1. The number of phenolic OH excluding ortho intramolecular Hbond substituents is 1. The number of benzene rings is 2. The molecule has 2 aromatic carbocycles. The molecule has 2 atom stereocenters. The van der Waals surface area contributed by atoms with Crippen LogP contribution in [0.1, 0.15) is 17.5 Å². The quantitative estimate of drug-likeness (QED) is 0.380. The molecule has 0 aromatic heterocycles. The first-order valence-corrected chi connectivity index (χ1v) is 11.0. The van der Waals surface area contributed by atoms with Gasteiger partial charge in [-0.2, -0.15) is 0 Å². The number of ether oxygens (including phenoxy) is 1. The summed E-state index contributed by atoms with van der Waals surface area (Å²) >= 11 is 3.35. The van der Waals surface area contributed by atoms with Gasteiger partial charge in [0.05, 0.1) is 0 Å². The van der Waals surface area contributed by atoms with Crippen molar-refractivity contribution in [3.8, 4) is 5.75 Å². The van der Waals surface area contributed by atoms with Gasteiger partial charge in [-0.1, -0.05) is 28.1 Å². The summed E-state index contributed by atoms with van der Waals surface area (Å²) in [7, 11) is 0. The minimum absolute atomic E-state index is 0.0981. The zero-order chi connectivity index (χ0) is 23.5. The number of primary amides is 1. The molecule has 0 bridgehead atoms. The van der Waals surface area contributed by atoms with Crippen molar-refractivity contribution in [3.05, 3.63) is 76.0 Å². The number of nitrogens with one attached hydrogen (secondary N) is 1. The van der Waals surface area contributed by atoms with Crippen LogP contribution in [0.2, 0.25) is 0 Å². The summed E-state index contributed by atoms with van der Waals surface area (Å²) in [4.78, 5) is 42.9. The number of amides is 2. The smallest absolute Gasteiger partial charge is 0.365 e. The predicted molar refractivity (Wildman–Crippen MR) is 123 cm³/mol. The normalized spacial score (nSPS) is 19.5. The number of aromatic hydroxyl groups is 1. The highest BCUT2D eigenvalue weighted by atomic mass is 79.9. The van der Waals surface area contributed by atoms with E-state index in [2.05, 4.69) is 26.2 Å². The van der Waals surface area contributed by atoms with Gasteiger partial charge in [-0.15, -0.1) is 0 Å². The molecule has 1 saturated heterocycles. The van der Waals surface area contributed by atoms with Crippen molar-refractivity contribution >= 4 is 39.6 Å². The molecule has 0 unspecified atom stereocenters. The van der Waals surface area contributed by atoms with Gasteiger partial charge in [-0.05, 0) is 48.4 Å². The number of hydrogen-bond donors (Lipinski definition) is 3. The predicted octanol–water partition coefficient (Wildman–Crippen LogP) is 1.59. The van der Waals surface area contributed by atoms with Crippen LogP contribution in [0, 0.1) is 0 Å². The van der Waals surface area contributed by atoms with Crippen LogP contribution in [0.3, 0.4) is 0 Å². The Bertz CT molecular complexity index is 1140. The van der Waals surface area contributed by atoms with E-state index in [0.717, 1.165) is 10.0 Å². The van der Waals surface area contributed by atoms with Gasteiger partial charge < -0.3 is 25.8 Å². The summed E-state index contributed by atoms with van der Waals surface area (Å²) in [6.07, 6.45) is 2.25. The van der Waals surface area contributed by atoms with Gasteiger partial charge in [0.25, 0.3) is 0 Å². The van der Waals surface area contributed by atoms with Crippen LogP contribution in [0.5, 0.6) is 5.75 Å². The fourth-order valence-electron chi connectivity index (χ4n) is 3.47. The molecule has 4 N–H and O–H groups in total. The monoisotopic (exact) mass is 512 g/mol. The van der Waals surface area contributed by atoms with Crippen molar-refractivity contribution in [2.45, 2.75) is 24.9 Å². The maximum atomic E-state index is 12.8. The molecule has 10 heteroatoms. The summed E-state index contributed by atoms with van der Waals surface area (Å²) in [5.74, 6) is -1.33. The highest BCUT2D eigenvalue weighted by Gasteiger charge is 2.36. The fraction of sp³-hybridized carbons (Fsp3) is 0.217. The van der Waals surface area contributed by atoms with E-state index in [-0.39, 0.29) is 29.7 Å². The molecular formula is C23H21BrN4O5. The summed E-state index contributed by atoms with van der Waals surface area (Å²) in [6.45, 7) is 0.553. The number of hydrogen-bond acceptors (Lipinski definition) is 7. The number of carbonyl (C=O) groups is 3. The van der Waals surface area contributed by atoms with Gasteiger partial charge in [0.2, 0.25) is 17.7 Å². The molecule has 1 fully saturated rings. The third-order valence-electron chi connectivity index (χ3n) is 5.40. The average molecular weight is 513 g/mol. The van der Waals surface area contributed by atoms with Gasteiger partial charge in [0.15, 0.2) is 5.70 Å². The molecule has 170 valence electrons. The number of halogens is 1. The van der Waals surface area contributed by atoms with Gasteiger partial charge in [0.1, 0.15) is 17.8 Å². The molecule has 2 aliphatic heterocycles. The molecule has 4 rings (SSSR count). The number of aliphatic imine (C=N–C) groups is 1. The molecule has 2 aliphatic rings. The van der Waals surface area contributed by atoms with E-state index in [1.165, 1.54) is 18.3 Å². The number of nitrogens with two attached hydrogens (primary N) is 1. The molecule has 2 aromatic rings. The Hall–Kier alpha value is -3.66. The molecule has 2 amide bonds. The van der Waals surface area contributed by atoms with E-state index in [0.29, 0.717) is 18.5 Å². The average Bonchev–Trinajstić information content (AvgIpc) is 3.13. The molecule has 0 saturated carbocycles. The maximum Gasteiger partial charge on any atom is 0.365 e. The number of phenols is 1. The number of rotatable bonds is 7. The van der Waals surface area contributed by atoms with E-state index in [9.17, 15) is 19.5 Å². The fourth-order valence-corrected chi connectivity index (χ4v) is 3.74. The third-order valence-corrected chi connectivity index (χ3v) is 5.93. The summed E-state index contributed by atoms with van der Waals surface area (Å²) < 4.78 is 6.15. The van der Waals surface area contributed by atoms with Crippen molar-refractivity contribution in [1.29, 1.82) is 0 Å². The first-order chi connectivity index (χ1) is 15.8. The Labute approximate surface area is 198 Å². The SMILES string of the molecule is NC(=O)[C@H](Cc1ccc(O)cc1)NC(=O)[C@@H]1CCN1/C=C1\N=C(c2ccc(Br)cc2)OC1=O. The Morgan fingerprint density at radius 2 is 1.94 bits per heavy atom. The number of nitrogens with zero attached hydrogens (tertiary/aromatic N) is 2. The van der Waals surface area contributed by atoms with Crippen LogP contribution < -0.4 is 11.1 Å². The minimum Gasteiger partial charge on any atom is -0.508 e. The van der Waals surface area contributed by atoms with Crippen molar-refractivity contribution < 1.29 is 24.2 Å². The van der Waals surface area contributed by atoms with Gasteiger partial charge in [0, 0.05) is 29.2 Å². The lowest BCUT2D eigenvalue weighted by molar-refractivity contribution is -0.133. The second-order valence-electron chi connectivity index (χ2n) is 7.70. The molecule has 0 aliphatic carbocycles. The maximum absolute atomic E-state index is 12.8. The Morgan fingerprint density at radius 1 is 1.24 bits per heavy atom. The van der Waals surface area contributed by atoms with E-state index in [1.807, 2.05) is 12.1 Å². The van der Waals surface area contributed by atoms with Crippen LogP contribution in [-0.2, 0) is 25.5 Å². The van der Waals surface area contributed by atoms with E-state index >= 15 is 0 Å². The lowest BCUT2D eigenvalue weighted by Crippen LogP contribution is -2.57. The molecule has 9 nitrogen and oxygen atoms in total. The van der Waals surface area contributed by atoms with Crippen molar-refractivity contribution in [3.63, 3.8) is 0 Å². The van der Waals surface area contributed by atoms with Crippen molar-refractivity contribution in [2.75, 3.05) is 6.54 Å². The van der Waals surface area contributed by atoms with Crippen LogP contribution in [0.4, 0.5) is 0 Å². The van der Waals surface area contributed by atoms with Gasteiger partial charge in [-0.25, -0.2) is 9.79 Å². The van der Waals surface area contributed by atoms with Gasteiger partial charge in [-0.3, -0.25) is 9.59 Å². The largest absolute Gasteiger partial charge is 0.508 e. The van der Waals surface area contributed by atoms with Crippen LogP contribution in [-0.4, -0.2) is 52.3 Å². The Kier molecular flexibility index (Phi) is 6.45. The molecule has 0 radical (unpaired) electrons. The Morgan fingerprint density at radius 3 is 2.55 bits per heavy atom. The topological polar surface area (TPSA) is 134 Å². The zero-order valence-corrected chi connectivity index (χ0v) is 19.0. The van der Waals surface area contributed by atoms with Crippen LogP contribution >= 0.6 is 15.9 Å². The van der Waals surface area contributed by atoms with Crippen LogP contribution in [0.25, 0.3) is 0 Å². The number of likely N-dealkylation sites (tertiary alicyclic amines) is 1. The zero-order valence-electron chi connectivity index (χ0n) is 17.4. The molecule has 33 heavy (non-hydrogen) atoms. The first-order valence-electron chi connectivity index (χ1n) is 10.2. The first kappa shape index (κ1) is 22.5. The number of esters is 1. The summed E-state index contributed by atoms with van der Waals surface area (Å²) in [6, 6.07) is 12.0. The lowest BCUT2D eigenvalue weighted by atomic mass is 10.0.